The number of carbonyl (C=O) groups excluding carboxylic acids is 1. The molecule has 3 rings (SSSR count). The summed E-state index contributed by atoms with van der Waals surface area (Å²) in [6.45, 7) is 9.71. The van der Waals surface area contributed by atoms with Crippen LogP contribution in [0.2, 0.25) is 0 Å². The summed E-state index contributed by atoms with van der Waals surface area (Å²) in [5.74, 6) is 1.80. The zero-order valence-corrected chi connectivity index (χ0v) is 19.1. The molecule has 0 aromatic heterocycles. The Morgan fingerprint density at radius 1 is 1.00 bits per heavy atom. The average molecular weight is 470 g/mol. The smallest absolute Gasteiger partial charge is 0.250 e. The minimum Gasteiger partial charge on any atom is -0.497 e. The molecule has 0 unspecified atom stereocenters. The summed E-state index contributed by atoms with van der Waals surface area (Å²) >= 11 is 3.78. The number of benzene rings is 3. The molecule has 0 aliphatic rings. The number of rotatable bonds is 7. The molecule has 1 amide bonds. The second-order valence-electron chi connectivity index (χ2n) is 6.82. The van der Waals surface area contributed by atoms with Gasteiger partial charge in [-0.05, 0) is 74.9 Å². The van der Waals surface area contributed by atoms with Crippen LogP contribution in [0.15, 0.2) is 59.7 Å². The molecule has 30 heavy (non-hydrogen) atoms. The third-order valence-corrected chi connectivity index (χ3v) is 5.99. The van der Waals surface area contributed by atoms with Crippen molar-refractivity contribution in [2.45, 2.75) is 13.5 Å². The molecule has 0 N–H and O–H groups in total. The highest BCUT2D eigenvalue weighted by molar-refractivity contribution is 9.10. The Morgan fingerprint density at radius 3 is 2.13 bits per heavy atom. The molecule has 0 bridgehead atoms. The fourth-order valence-electron chi connectivity index (χ4n) is 3.52. The molecule has 0 atom stereocenters. The van der Waals surface area contributed by atoms with Crippen molar-refractivity contribution in [3.8, 4) is 17.2 Å². The molecule has 3 aromatic rings. The van der Waals surface area contributed by atoms with E-state index in [9.17, 15) is 4.79 Å². The molecule has 6 heteroatoms. The second-order valence-corrected chi connectivity index (χ2v) is 7.61. The first-order valence-corrected chi connectivity index (χ1v) is 10.1. The van der Waals surface area contributed by atoms with Gasteiger partial charge in [0.05, 0.1) is 27.9 Å². The Bertz CT molecular complexity index is 1170. The van der Waals surface area contributed by atoms with Crippen LogP contribution in [-0.2, 0) is 11.3 Å². The Balaban J connectivity index is 2.41. The summed E-state index contributed by atoms with van der Waals surface area (Å²) in [7, 11) is 4.86. The van der Waals surface area contributed by atoms with Gasteiger partial charge < -0.3 is 19.1 Å². The van der Waals surface area contributed by atoms with Gasteiger partial charge in [-0.2, -0.15) is 0 Å². The van der Waals surface area contributed by atoms with E-state index >= 15 is 0 Å². The summed E-state index contributed by atoms with van der Waals surface area (Å²) in [4.78, 5) is 14.0. The summed E-state index contributed by atoms with van der Waals surface area (Å²) in [5.41, 5.74) is 1.59. The third-order valence-electron chi connectivity index (χ3n) is 5.08. The maximum Gasteiger partial charge on any atom is 0.250 e. The molecule has 3 aromatic carbocycles. The van der Waals surface area contributed by atoms with E-state index in [4.69, 9.17) is 14.2 Å². The lowest BCUT2D eigenvalue weighted by molar-refractivity contribution is -0.124. The minimum atomic E-state index is -0.205. The standard InChI is InChI=1S/C24H24BrNO4/c1-7-23(27)26(14(2)3)13-20-16-9-8-15(28-4)10-17(16)18-11-21(29-5)22(30-6)12-19(18)24(20)25/h7-12H,1-2,13H2,3-6H3. The van der Waals surface area contributed by atoms with Crippen LogP contribution >= 0.6 is 15.9 Å². The molecule has 0 saturated carbocycles. The van der Waals surface area contributed by atoms with Crippen LogP contribution in [0.1, 0.15) is 12.5 Å². The van der Waals surface area contributed by atoms with Crippen molar-refractivity contribution in [3.05, 3.63) is 65.3 Å². The topological polar surface area (TPSA) is 48.0 Å². The van der Waals surface area contributed by atoms with E-state index in [1.165, 1.54) is 6.08 Å². The Labute approximate surface area is 184 Å². The molecule has 156 valence electrons. The van der Waals surface area contributed by atoms with Crippen molar-refractivity contribution in [1.29, 1.82) is 0 Å². The number of halogens is 1. The van der Waals surface area contributed by atoms with E-state index in [0.717, 1.165) is 37.3 Å². The number of allylic oxidation sites excluding steroid dienone is 1. The number of carbonyl (C=O) groups is 1. The number of hydrogen-bond acceptors (Lipinski definition) is 4. The maximum absolute atomic E-state index is 12.4. The largest absolute Gasteiger partial charge is 0.497 e. The van der Waals surface area contributed by atoms with Crippen LogP contribution in [0.3, 0.4) is 0 Å². The van der Waals surface area contributed by atoms with Gasteiger partial charge in [0.25, 0.3) is 0 Å². The van der Waals surface area contributed by atoms with Gasteiger partial charge in [0.2, 0.25) is 5.91 Å². The molecular weight excluding hydrogens is 446 g/mol. The highest BCUT2D eigenvalue weighted by atomic mass is 79.9. The summed E-state index contributed by atoms with van der Waals surface area (Å²) in [5, 5.41) is 3.90. The van der Waals surface area contributed by atoms with E-state index < -0.39 is 0 Å². The van der Waals surface area contributed by atoms with Crippen molar-refractivity contribution in [3.63, 3.8) is 0 Å². The number of ether oxygens (including phenoxy) is 3. The van der Waals surface area contributed by atoms with Gasteiger partial charge >= 0.3 is 0 Å². The Kier molecular flexibility index (Phi) is 6.37. The van der Waals surface area contributed by atoms with Crippen molar-refractivity contribution >= 4 is 43.4 Å². The fourth-order valence-corrected chi connectivity index (χ4v) is 4.19. The molecule has 0 spiro atoms. The van der Waals surface area contributed by atoms with Gasteiger partial charge in [-0.25, -0.2) is 0 Å². The molecule has 0 fully saturated rings. The van der Waals surface area contributed by atoms with E-state index in [-0.39, 0.29) is 5.91 Å². The van der Waals surface area contributed by atoms with E-state index in [2.05, 4.69) is 29.1 Å². The summed E-state index contributed by atoms with van der Waals surface area (Å²) in [6.07, 6.45) is 1.29. The lowest BCUT2D eigenvalue weighted by Crippen LogP contribution is -2.26. The van der Waals surface area contributed by atoms with Crippen molar-refractivity contribution in [2.24, 2.45) is 0 Å². The monoisotopic (exact) mass is 469 g/mol. The van der Waals surface area contributed by atoms with Crippen LogP contribution in [0.5, 0.6) is 17.2 Å². The molecule has 0 aliphatic heterocycles. The normalized spacial score (nSPS) is 10.7. The van der Waals surface area contributed by atoms with Crippen molar-refractivity contribution < 1.29 is 19.0 Å². The van der Waals surface area contributed by atoms with Crippen LogP contribution in [0.4, 0.5) is 0 Å². The lowest BCUT2D eigenvalue weighted by Gasteiger charge is -2.24. The summed E-state index contributed by atoms with van der Waals surface area (Å²) < 4.78 is 17.4. The van der Waals surface area contributed by atoms with Crippen LogP contribution in [-0.4, -0.2) is 32.1 Å². The number of fused-ring (bicyclic) bond motifs is 3. The molecule has 0 radical (unpaired) electrons. The zero-order chi connectivity index (χ0) is 22.0. The highest BCUT2D eigenvalue weighted by Gasteiger charge is 2.20. The first-order chi connectivity index (χ1) is 14.4. The number of hydrogen-bond donors (Lipinski definition) is 0. The minimum absolute atomic E-state index is 0.205. The number of nitrogens with zero attached hydrogens (tertiary/aromatic N) is 1. The molecule has 0 heterocycles. The van der Waals surface area contributed by atoms with E-state index in [1.54, 1.807) is 33.2 Å². The highest BCUT2D eigenvalue weighted by Crippen LogP contribution is 2.43. The first kappa shape index (κ1) is 21.7. The predicted molar refractivity (Wildman–Crippen MR) is 124 cm³/mol. The Morgan fingerprint density at radius 2 is 1.60 bits per heavy atom. The van der Waals surface area contributed by atoms with Gasteiger partial charge in [-0.1, -0.05) is 19.2 Å². The summed E-state index contributed by atoms with van der Waals surface area (Å²) in [6, 6.07) is 9.78. The second kappa shape index (κ2) is 8.79. The van der Waals surface area contributed by atoms with Crippen LogP contribution in [0, 0.1) is 0 Å². The van der Waals surface area contributed by atoms with Gasteiger partial charge in [0.1, 0.15) is 5.75 Å². The van der Waals surface area contributed by atoms with Gasteiger partial charge in [-0.3, -0.25) is 4.79 Å². The lowest BCUT2D eigenvalue weighted by atomic mass is 9.96. The van der Waals surface area contributed by atoms with Crippen LogP contribution in [0.25, 0.3) is 21.5 Å². The number of amides is 1. The average Bonchev–Trinajstić information content (AvgIpc) is 2.77. The van der Waals surface area contributed by atoms with Crippen molar-refractivity contribution in [1.82, 2.24) is 4.90 Å². The molecule has 5 nitrogen and oxygen atoms in total. The number of methoxy groups -OCH3 is 3. The quantitative estimate of drug-likeness (QED) is 0.322. The zero-order valence-electron chi connectivity index (χ0n) is 17.5. The molecule has 0 saturated heterocycles. The van der Waals surface area contributed by atoms with Crippen LogP contribution < -0.4 is 14.2 Å². The van der Waals surface area contributed by atoms with Gasteiger partial charge in [-0.15, -0.1) is 0 Å². The van der Waals surface area contributed by atoms with E-state index in [1.807, 2.05) is 30.3 Å². The molecular formula is C24H24BrNO4. The molecule has 0 aliphatic carbocycles. The Hall–Kier alpha value is -2.99. The maximum atomic E-state index is 12.4. The van der Waals surface area contributed by atoms with Gasteiger partial charge in [0, 0.05) is 15.6 Å². The van der Waals surface area contributed by atoms with E-state index in [0.29, 0.717) is 23.7 Å². The predicted octanol–water partition coefficient (Wildman–Crippen LogP) is 5.83. The SMILES string of the molecule is C=CC(=O)N(Cc1c(Br)c2cc(OC)c(OC)cc2c2cc(OC)ccc12)C(=C)C. The fraction of sp³-hybridized carbons (Fsp3) is 0.208. The van der Waals surface area contributed by atoms with Crippen molar-refractivity contribution in [2.75, 3.05) is 21.3 Å². The first-order valence-electron chi connectivity index (χ1n) is 9.29. The van der Waals surface area contributed by atoms with Gasteiger partial charge in [0.15, 0.2) is 11.5 Å². The third kappa shape index (κ3) is 3.75.